The first-order valence-electron chi connectivity index (χ1n) is 8.17. The minimum Gasteiger partial charge on any atom is -0.477 e. The second-order valence-electron chi connectivity index (χ2n) is 6.07. The second kappa shape index (κ2) is 7.99. The monoisotopic (exact) mass is 377 g/mol. The lowest BCUT2D eigenvalue weighted by atomic mass is 9.99. The Kier molecular flexibility index (Phi) is 5.68. The summed E-state index contributed by atoms with van der Waals surface area (Å²) < 4.78 is 10.8. The maximum absolute atomic E-state index is 11.0. The van der Waals surface area contributed by atoms with Crippen LogP contribution in [-0.2, 0) is 4.74 Å². The SMILES string of the molecule is O=C(O)c1cc(-c2ccc(O[C@@H]3O[C@H](CO)[C@@H](O)[C@H](O)[C@@H]3O)cc2)ccn1. The van der Waals surface area contributed by atoms with Crippen LogP contribution in [0.2, 0.25) is 0 Å². The van der Waals surface area contributed by atoms with Crippen LogP contribution in [0.4, 0.5) is 0 Å². The first-order chi connectivity index (χ1) is 12.9. The van der Waals surface area contributed by atoms with Crippen LogP contribution in [0.3, 0.4) is 0 Å². The van der Waals surface area contributed by atoms with Gasteiger partial charge in [0, 0.05) is 6.20 Å². The van der Waals surface area contributed by atoms with Crippen LogP contribution < -0.4 is 4.74 Å². The molecule has 5 atom stereocenters. The van der Waals surface area contributed by atoms with Crippen molar-refractivity contribution in [2.45, 2.75) is 30.7 Å². The highest BCUT2D eigenvalue weighted by molar-refractivity contribution is 5.87. The van der Waals surface area contributed by atoms with E-state index in [-0.39, 0.29) is 5.69 Å². The van der Waals surface area contributed by atoms with Gasteiger partial charge in [-0.2, -0.15) is 0 Å². The van der Waals surface area contributed by atoms with Crippen molar-refractivity contribution in [2.75, 3.05) is 6.61 Å². The molecule has 1 aromatic carbocycles. The topological polar surface area (TPSA) is 150 Å². The molecule has 9 nitrogen and oxygen atoms in total. The molecule has 1 aromatic heterocycles. The summed E-state index contributed by atoms with van der Waals surface area (Å²) in [6.07, 6.45) is -5.41. The first kappa shape index (κ1) is 19.2. The zero-order valence-corrected chi connectivity index (χ0v) is 14.0. The number of carboxylic acids is 1. The third kappa shape index (κ3) is 4.07. The van der Waals surface area contributed by atoms with E-state index < -0.39 is 43.3 Å². The Morgan fingerprint density at radius 2 is 1.74 bits per heavy atom. The highest BCUT2D eigenvalue weighted by atomic mass is 16.7. The number of carboxylic acid groups (broad SMARTS) is 1. The molecule has 2 aromatic rings. The van der Waals surface area contributed by atoms with E-state index in [9.17, 15) is 25.2 Å². The number of benzene rings is 1. The summed E-state index contributed by atoms with van der Waals surface area (Å²) in [6.45, 7) is -0.544. The molecule has 1 fully saturated rings. The highest BCUT2D eigenvalue weighted by Crippen LogP contribution is 2.27. The summed E-state index contributed by atoms with van der Waals surface area (Å²) in [6, 6.07) is 9.63. The number of aromatic nitrogens is 1. The number of aromatic carboxylic acids is 1. The van der Waals surface area contributed by atoms with Gasteiger partial charge in [-0.15, -0.1) is 0 Å². The highest BCUT2D eigenvalue weighted by Gasteiger charge is 2.44. The van der Waals surface area contributed by atoms with Crippen molar-refractivity contribution in [3.8, 4) is 16.9 Å². The van der Waals surface area contributed by atoms with Crippen LogP contribution in [0.5, 0.6) is 5.75 Å². The lowest BCUT2D eigenvalue weighted by molar-refractivity contribution is -0.277. The van der Waals surface area contributed by atoms with Gasteiger partial charge in [0.2, 0.25) is 6.29 Å². The van der Waals surface area contributed by atoms with Crippen LogP contribution in [0, 0.1) is 0 Å². The maximum Gasteiger partial charge on any atom is 0.354 e. The maximum atomic E-state index is 11.0. The largest absolute Gasteiger partial charge is 0.477 e. The van der Waals surface area contributed by atoms with Gasteiger partial charge in [0.05, 0.1) is 6.61 Å². The van der Waals surface area contributed by atoms with E-state index in [1.807, 2.05) is 0 Å². The van der Waals surface area contributed by atoms with Gasteiger partial charge in [0.1, 0.15) is 35.9 Å². The Morgan fingerprint density at radius 3 is 2.37 bits per heavy atom. The zero-order valence-electron chi connectivity index (χ0n) is 14.0. The van der Waals surface area contributed by atoms with E-state index in [2.05, 4.69) is 4.98 Å². The standard InChI is InChI=1S/C18H19NO8/c20-8-13-14(21)15(22)16(23)18(27-13)26-11-3-1-9(2-4-11)10-5-6-19-12(7-10)17(24)25/h1-7,13-16,18,20-23H,8H2,(H,24,25)/t13-,14-,15+,16+,18-/m1/s1. The molecule has 0 aliphatic carbocycles. The van der Waals surface area contributed by atoms with Crippen molar-refractivity contribution >= 4 is 5.97 Å². The van der Waals surface area contributed by atoms with Gasteiger partial charge in [-0.1, -0.05) is 12.1 Å². The number of nitrogens with zero attached hydrogens (tertiary/aromatic N) is 1. The van der Waals surface area contributed by atoms with Gasteiger partial charge >= 0.3 is 5.97 Å². The Hall–Kier alpha value is -2.56. The van der Waals surface area contributed by atoms with E-state index in [1.54, 1.807) is 30.3 Å². The summed E-state index contributed by atoms with van der Waals surface area (Å²) in [5.41, 5.74) is 1.30. The van der Waals surface area contributed by atoms with Crippen LogP contribution in [0.1, 0.15) is 10.5 Å². The normalized spacial score (nSPS) is 27.9. The molecule has 3 rings (SSSR count). The van der Waals surface area contributed by atoms with Crippen molar-refractivity contribution in [1.82, 2.24) is 4.98 Å². The van der Waals surface area contributed by atoms with E-state index in [0.29, 0.717) is 11.3 Å². The fraction of sp³-hybridized carbons (Fsp3) is 0.333. The molecule has 0 saturated carbocycles. The molecule has 0 unspecified atom stereocenters. The van der Waals surface area contributed by atoms with Crippen molar-refractivity contribution in [3.63, 3.8) is 0 Å². The van der Waals surface area contributed by atoms with Gasteiger partial charge < -0.3 is 35.0 Å². The second-order valence-corrected chi connectivity index (χ2v) is 6.07. The fourth-order valence-corrected chi connectivity index (χ4v) is 2.75. The van der Waals surface area contributed by atoms with E-state index in [4.69, 9.17) is 14.6 Å². The molecule has 5 N–H and O–H groups in total. The first-order valence-corrected chi connectivity index (χ1v) is 8.17. The Balaban J connectivity index is 1.74. The molecule has 144 valence electrons. The number of pyridine rings is 1. The summed E-state index contributed by atoms with van der Waals surface area (Å²) in [5.74, 6) is -0.810. The van der Waals surface area contributed by atoms with Crippen LogP contribution in [-0.4, -0.2) is 73.8 Å². The van der Waals surface area contributed by atoms with Crippen LogP contribution >= 0.6 is 0 Å². The molecule has 0 amide bonds. The summed E-state index contributed by atoms with van der Waals surface area (Å²) in [7, 11) is 0. The molecule has 1 aliphatic rings. The Bertz CT molecular complexity index is 794. The van der Waals surface area contributed by atoms with Gasteiger partial charge in [0.15, 0.2) is 0 Å². The number of aliphatic hydroxyl groups is 4. The van der Waals surface area contributed by atoms with Crippen molar-refractivity contribution < 1.29 is 39.8 Å². The molecule has 27 heavy (non-hydrogen) atoms. The lowest BCUT2D eigenvalue weighted by Gasteiger charge is -2.39. The van der Waals surface area contributed by atoms with Gasteiger partial charge in [-0.25, -0.2) is 9.78 Å². The lowest BCUT2D eigenvalue weighted by Crippen LogP contribution is -2.60. The zero-order chi connectivity index (χ0) is 19.6. The van der Waals surface area contributed by atoms with Crippen LogP contribution in [0.25, 0.3) is 11.1 Å². The molecule has 0 bridgehead atoms. The molecular weight excluding hydrogens is 358 g/mol. The summed E-state index contributed by atoms with van der Waals surface area (Å²) in [4.78, 5) is 14.8. The predicted octanol–water partition coefficient (Wildman–Crippen LogP) is -0.375. The van der Waals surface area contributed by atoms with Crippen molar-refractivity contribution in [1.29, 1.82) is 0 Å². The molecule has 9 heteroatoms. The van der Waals surface area contributed by atoms with Crippen LogP contribution in [0.15, 0.2) is 42.6 Å². The van der Waals surface area contributed by atoms with E-state index in [0.717, 1.165) is 5.56 Å². The molecule has 0 spiro atoms. The smallest absolute Gasteiger partial charge is 0.354 e. The number of hydrogen-bond acceptors (Lipinski definition) is 8. The minimum atomic E-state index is -1.52. The average Bonchev–Trinajstić information content (AvgIpc) is 2.69. The predicted molar refractivity (Wildman–Crippen MR) is 91.0 cm³/mol. The minimum absolute atomic E-state index is 0.0749. The number of carbonyl (C=O) groups is 1. The van der Waals surface area contributed by atoms with Gasteiger partial charge in [0.25, 0.3) is 0 Å². The number of aliphatic hydroxyl groups excluding tert-OH is 4. The van der Waals surface area contributed by atoms with E-state index >= 15 is 0 Å². The molecule has 0 radical (unpaired) electrons. The molecule has 1 aliphatic heterocycles. The van der Waals surface area contributed by atoms with Crippen molar-refractivity contribution in [3.05, 3.63) is 48.3 Å². The van der Waals surface area contributed by atoms with Crippen molar-refractivity contribution in [2.24, 2.45) is 0 Å². The Morgan fingerprint density at radius 1 is 1.04 bits per heavy atom. The number of hydrogen-bond donors (Lipinski definition) is 5. The molecular formula is C18H19NO8. The summed E-state index contributed by atoms with van der Waals surface area (Å²) >= 11 is 0. The quantitative estimate of drug-likeness (QED) is 0.470. The number of ether oxygens (including phenoxy) is 2. The third-order valence-corrected chi connectivity index (χ3v) is 4.27. The Labute approximate surface area is 154 Å². The number of rotatable bonds is 5. The molecule has 2 heterocycles. The third-order valence-electron chi connectivity index (χ3n) is 4.27. The fourth-order valence-electron chi connectivity index (χ4n) is 2.75. The molecule has 1 saturated heterocycles. The average molecular weight is 377 g/mol. The van der Waals surface area contributed by atoms with E-state index in [1.165, 1.54) is 12.3 Å². The summed E-state index contributed by atoms with van der Waals surface area (Å²) in [5, 5.41) is 47.8. The van der Waals surface area contributed by atoms with Gasteiger partial charge in [-0.3, -0.25) is 0 Å². The van der Waals surface area contributed by atoms with Gasteiger partial charge in [-0.05, 0) is 35.4 Å².